The van der Waals surface area contributed by atoms with E-state index in [-0.39, 0.29) is 35.7 Å². The highest BCUT2D eigenvalue weighted by molar-refractivity contribution is 5.99. The molecule has 0 saturated carbocycles. The van der Waals surface area contributed by atoms with Gasteiger partial charge < -0.3 is 39.3 Å². The second kappa shape index (κ2) is 15.1. The van der Waals surface area contributed by atoms with Gasteiger partial charge >= 0.3 is 11.9 Å². The molecule has 13 heteroatoms. The monoisotopic (exact) mass is 582 g/mol. The number of carboxylic acids is 1. The van der Waals surface area contributed by atoms with Crippen LogP contribution in [-0.4, -0.2) is 78.9 Å². The summed E-state index contributed by atoms with van der Waals surface area (Å²) in [5.41, 5.74) is 1.74. The molecule has 42 heavy (non-hydrogen) atoms. The molecule has 0 aliphatic heterocycles. The number of benzene rings is 2. The summed E-state index contributed by atoms with van der Waals surface area (Å²) in [4.78, 5) is 54.8. The normalized spacial score (nSPS) is 12.0. The van der Waals surface area contributed by atoms with Crippen LogP contribution >= 0.6 is 0 Å². The first-order chi connectivity index (χ1) is 20.2. The average molecular weight is 583 g/mol. The van der Waals surface area contributed by atoms with Crippen molar-refractivity contribution in [3.63, 3.8) is 0 Å². The van der Waals surface area contributed by atoms with Gasteiger partial charge in [-0.15, -0.1) is 0 Å². The van der Waals surface area contributed by atoms with Gasteiger partial charge in [0.1, 0.15) is 12.1 Å². The molecule has 0 radical (unpaired) electrons. The Morgan fingerprint density at radius 2 is 1.60 bits per heavy atom. The van der Waals surface area contributed by atoms with Gasteiger partial charge in [0, 0.05) is 36.8 Å². The van der Waals surface area contributed by atoms with Gasteiger partial charge in [-0.05, 0) is 24.1 Å². The lowest BCUT2D eigenvalue weighted by Crippen LogP contribution is -2.52. The van der Waals surface area contributed by atoms with Crippen LogP contribution in [0.3, 0.4) is 0 Å². The number of rotatable bonds is 15. The molecular weight excluding hydrogens is 548 g/mol. The SMILES string of the molecule is COC(=O)[C@@H](Cc1cncn1Cc1ccccc1)NC(=O)[C@H](CCC(=O)O)NC(=O)c1cc(OC)c(OC)c(OC)c1. The fraction of sp³-hybridized carbons (Fsp3) is 0.345. The molecule has 3 aromatic rings. The maximum atomic E-state index is 13.4. The number of aromatic nitrogens is 2. The van der Waals surface area contributed by atoms with E-state index in [0.29, 0.717) is 12.2 Å². The topological polar surface area (TPSA) is 167 Å². The van der Waals surface area contributed by atoms with Crippen molar-refractivity contribution in [1.29, 1.82) is 0 Å². The molecule has 0 bridgehead atoms. The first kappa shape index (κ1) is 31.5. The molecule has 2 amide bonds. The molecule has 13 nitrogen and oxygen atoms in total. The Labute approximate surface area is 242 Å². The molecule has 3 rings (SSSR count). The number of nitrogens with zero attached hydrogens (tertiary/aromatic N) is 2. The molecule has 0 fully saturated rings. The highest BCUT2D eigenvalue weighted by atomic mass is 16.5. The zero-order chi connectivity index (χ0) is 30.6. The number of nitrogens with one attached hydrogen (secondary N) is 2. The standard InChI is InChI=1S/C29H34N4O9/c1-39-23-12-19(13-24(40-2)26(23)41-3)27(36)31-21(10-11-25(34)35)28(37)32-22(29(38)42-4)14-20-15-30-17-33(20)16-18-8-6-5-7-9-18/h5-9,12-13,15,17,21-22H,10-11,14,16H2,1-4H3,(H,31,36)(H,32,37)(H,34,35)/t21-,22+/m0/s1. The van der Waals surface area contributed by atoms with Crippen molar-refractivity contribution in [2.75, 3.05) is 28.4 Å². The molecule has 1 aromatic heterocycles. The summed E-state index contributed by atoms with van der Waals surface area (Å²) in [5.74, 6) is -2.65. The molecule has 0 aliphatic carbocycles. The van der Waals surface area contributed by atoms with E-state index in [1.807, 2.05) is 34.9 Å². The maximum Gasteiger partial charge on any atom is 0.328 e. The lowest BCUT2D eigenvalue weighted by atomic mass is 10.1. The van der Waals surface area contributed by atoms with Gasteiger partial charge in [0.15, 0.2) is 11.5 Å². The molecule has 0 aliphatic rings. The van der Waals surface area contributed by atoms with E-state index < -0.39 is 42.3 Å². The van der Waals surface area contributed by atoms with Crippen LogP contribution in [0.1, 0.15) is 34.5 Å². The van der Waals surface area contributed by atoms with E-state index in [2.05, 4.69) is 15.6 Å². The van der Waals surface area contributed by atoms with E-state index in [1.165, 1.54) is 40.6 Å². The van der Waals surface area contributed by atoms with E-state index in [4.69, 9.17) is 18.9 Å². The summed E-state index contributed by atoms with van der Waals surface area (Å²) in [6.45, 7) is 0.490. The number of esters is 1. The number of methoxy groups -OCH3 is 4. The van der Waals surface area contributed by atoms with Crippen molar-refractivity contribution in [3.8, 4) is 17.2 Å². The lowest BCUT2D eigenvalue weighted by Gasteiger charge is -2.23. The third kappa shape index (κ3) is 8.22. The largest absolute Gasteiger partial charge is 0.493 e. The van der Waals surface area contributed by atoms with Gasteiger partial charge in [-0.3, -0.25) is 14.4 Å². The van der Waals surface area contributed by atoms with E-state index in [0.717, 1.165) is 5.56 Å². The van der Waals surface area contributed by atoms with Gasteiger partial charge in [-0.2, -0.15) is 0 Å². The minimum atomic E-state index is -1.30. The average Bonchev–Trinajstić information content (AvgIpc) is 3.43. The van der Waals surface area contributed by atoms with Crippen molar-refractivity contribution in [2.24, 2.45) is 0 Å². The molecule has 0 unspecified atom stereocenters. The van der Waals surface area contributed by atoms with Crippen molar-refractivity contribution >= 4 is 23.8 Å². The van der Waals surface area contributed by atoms with Gasteiger partial charge in [-0.1, -0.05) is 30.3 Å². The molecule has 1 heterocycles. The minimum absolute atomic E-state index is 0.0394. The fourth-order valence-electron chi connectivity index (χ4n) is 4.25. The Bertz CT molecular complexity index is 1370. The van der Waals surface area contributed by atoms with Crippen molar-refractivity contribution in [3.05, 3.63) is 71.8 Å². The van der Waals surface area contributed by atoms with Gasteiger partial charge in [0.2, 0.25) is 11.7 Å². The smallest absolute Gasteiger partial charge is 0.328 e. The van der Waals surface area contributed by atoms with E-state index >= 15 is 0 Å². The number of amides is 2. The molecule has 0 spiro atoms. The number of carbonyl (C=O) groups is 4. The Morgan fingerprint density at radius 1 is 0.929 bits per heavy atom. The summed E-state index contributed by atoms with van der Waals surface area (Å²) < 4.78 is 22.6. The number of aliphatic carboxylic acids is 1. The summed E-state index contributed by atoms with van der Waals surface area (Å²) in [5, 5.41) is 14.4. The number of ether oxygens (including phenoxy) is 4. The van der Waals surface area contributed by atoms with Crippen molar-refractivity contribution < 1.29 is 43.2 Å². The number of imidazole rings is 1. The Morgan fingerprint density at radius 3 is 2.17 bits per heavy atom. The number of hydrogen-bond acceptors (Lipinski definition) is 9. The number of carboxylic acid groups (broad SMARTS) is 1. The van der Waals surface area contributed by atoms with Crippen LogP contribution in [0.15, 0.2) is 55.0 Å². The summed E-state index contributed by atoms with van der Waals surface area (Å²) in [6.07, 6.45) is 2.58. The second-order valence-corrected chi connectivity index (χ2v) is 9.16. The van der Waals surface area contributed by atoms with Crippen LogP contribution in [0, 0.1) is 0 Å². The van der Waals surface area contributed by atoms with Crippen molar-refractivity contribution in [1.82, 2.24) is 20.2 Å². The molecule has 3 N–H and O–H groups in total. The van der Waals surface area contributed by atoms with E-state index in [9.17, 15) is 24.3 Å². The number of hydrogen-bond donors (Lipinski definition) is 3. The zero-order valence-corrected chi connectivity index (χ0v) is 23.8. The highest BCUT2D eigenvalue weighted by Crippen LogP contribution is 2.38. The first-order valence-electron chi connectivity index (χ1n) is 12.9. The molecule has 2 aromatic carbocycles. The fourth-order valence-corrected chi connectivity index (χ4v) is 4.25. The Balaban J connectivity index is 1.82. The zero-order valence-electron chi connectivity index (χ0n) is 23.8. The van der Waals surface area contributed by atoms with Gasteiger partial charge in [0.25, 0.3) is 5.91 Å². The van der Waals surface area contributed by atoms with Crippen LogP contribution in [0.2, 0.25) is 0 Å². The van der Waals surface area contributed by atoms with Crippen LogP contribution in [-0.2, 0) is 32.1 Å². The molecule has 224 valence electrons. The lowest BCUT2D eigenvalue weighted by molar-refractivity contribution is -0.145. The van der Waals surface area contributed by atoms with Gasteiger partial charge in [-0.25, -0.2) is 9.78 Å². The summed E-state index contributed by atoms with van der Waals surface area (Å²) >= 11 is 0. The van der Waals surface area contributed by atoms with E-state index in [1.54, 1.807) is 12.5 Å². The molecular formula is C29H34N4O9. The third-order valence-electron chi connectivity index (χ3n) is 6.41. The van der Waals surface area contributed by atoms with Crippen LogP contribution in [0.4, 0.5) is 0 Å². The summed E-state index contributed by atoms with van der Waals surface area (Å²) in [7, 11) is 5.39. The first-order valence-corrected chi connectivity index (χ1v) is 12.9. The highest BCUT2D eigenvalue weighted by Gasteiger charge is 2.29. The maximum absolute atomic E-state index is 13.4. The van der Waals surface area contributed by atoms with Crippen molar-refractivity contribution in [2.45, 2.75) is 37.9 Å². The predicted octanol–water partition coefficient (Wildman–Crippen LogP) is 1.82. The summed E-state index contributed by atoms with van der Waals surface area (Å²) in [6, 6.07) is 9.98. The predicted molar refractivity (Wildman–Crippen MR) is 150 cm³/mol. The van der Waals surface area contributed by atoms with Crippen LogP contribution in [0.25, 0.3) is 0 Å². The minimum Gasteiger partial charge on any atom is -0.493 e. The number of carbonyl (C=O) groups excluding carboxylic acids is 3. The second-order valence-electron chi connectivity index (χ2n) is 9.16. The van der Waals surface area contributed by atoms with Crippen LogP contribution in [0.5, 0.6) is 17.2 Å². The van der Waals surface area contributed by atoms with Crippen LogP contribution < -0.4 is 24.8 Å². The quantitative estimate of drug-likeness (QED) is 0.225. The Kier molecular flexibility index (Phi) is 11.3. The third-order valence-corrected chi connectivity index (χ3v) is 6.41. The molecule has 0 saturated heterocycles. The molecule has 2 atom stereocenters. The van der Waals surface area contributed by atoms with Gasteiger partial charge in [0.05, 0.1) is 34.8 Å². The Hall–Kier alpha value is -5.07.